The Hall–Kier alpha value is -2.72. The molecule has 0 radical (unpaired) electrons. The van der Waals surface area contributed by atoms with Gasteiger partial charge in [-0.05, 0) is 24.3 Å². The minimum absolute atomic E-state index is 0.0145. The Morgan fingerprint density at radius 1 is 1.00 bits per heavy atom. The van der Waals surface area contributed by atoms with E-state index in [1.807, 2.05) is 0 Å². The molecule has 1 amide bonds. The Bertz CT molecular complexity index is 1130. The molecule has 0 atom stereocenters. The highest BCUT2D eigenvalue weighted by atomic mass is 32.2. The van der Waals surface area contributed by atoms with Crippen molar-refractivity contribution in [3.63, 3.8) is 0 Å². The molecular formula is C19H16F3N3O3S. The molecule has 0 saturated carbocycles. The molecule has 2 heterocycles. The zero-order chi connectivity index (χ0) is 20.8. The number of nitrogens with one attached hydrogen (secondary N) is 1. The van der Waals surface area contributed by atoms with Gasteiger partial charge >= 0.3 is 0 Å². The van der Waals surface area contributed by atoms with Crippen molar-refractivity contribution in [3.8, 4) is 0 Å². The summed E-state index contributed by atoms with van der Waals surface area (Å²) in [5.41, 5.74) is -0.570. The van der Waals surface area contributed by atoms with E-state index in [0.717, 1.165) is 16.4 Å². The highest BCUT2D eigenvalue weighted by Gasteiger charge is 2.44. The van der Waals surface area contributed by atoms with E-state index in [0.29, 0.717) is 11.6 Å². The van der Waals surface area contributed by atoms with Gasteiger partial charge in [0.15, 0.2) is 0 Å². The van der Waals surface area contributed by atoms with Crippen LogP contribution in [0, 0.1) is 17.5 Å². The number of rotatable bonds is 3. The molecule has 2 aromatic rings. The second-order valence-electron chi connectivity index (χ2n) is 6.94. The number of sulfonamides is 1. The van der Waals surface area contributed by atoms with Crippen molar-refractivity contribution in [1.82, 2.24) is 9.62 Å². The summed E-state index contributed by atoms with van der Waals surface area (Å²) in [4.78, 5) is 16.2. The lowest BCUT2D eigenvalue weighted by atomic mass is 10.00. The second kappa shape index (κ2) is 6.96. The lowest BCUT2D eigenvalue weighted by molar-refractivity contribution is -0.115. The summed E-state index contributed by atoms with van der Waals surface area (Å²) in [5.74, 6) is -2.99. The monoisotopic (exact) mass is 423 g/mol. The van der Waals surface area contributed by atoms with E-state index in [1.165, 1.54) is 18.2 Å². The molecule has 2 aromatic carbocycles. The molecule has 0 aromatic heterocycles. The van der Waals surface area contributed by atoms with E-state index >= 15 is 0 Å². The van der Waals surface area contributed by atoms with Gasteiger partial charge in [-0.25, -0.2) is 21.6 Å². The number of nitrogens with zero attached hydrogens (tertiary/aromatic N) is 2. The number of benzene rings is 2. The van der Waals surface area contributed by atoms with Crippen LogP contribution >= 0.6 is 0 Å². The van der Waals surface area contributed by atoms with Crippen LogP contribution in [-0.2, 0) is 14.8 Å². The third-order valence-corrected chi connectivity index (χ3v) is 6.98. The number of halogens is 3. The van der Waals surface area contributed by atoms with Crippen LogP contribution in [0.1, 0.15) is 18.4 Å². The van der Waals surface area contributed by atoms with Crippen molar-refractivity contribution in [3.05, 3.63) is 65.5 Å². The first-order valence-corrected chi connectivity index (χ1v) is 10.3. The first-order chi connectivity index (χ1) is 13.7. The molecule has 29 heavy (non-hydrogen) atoms. The van der Waals surface area contributed by atoms with Crippen LogP contribution in [0.5, 0.6) is 0 Å². The van der Waals surface area contributed by atoms with Gasteiger partial charge in [0.1, 0.15) is 33.7 Å². The molecule has 6 nitrogen and oxygen atoms in total. The van der Waals surface area contributed by atoms with Gasteiger partial charge in [0.25, 0.3) is 5.91 Å². The third-order valence-electron chi connectivity index (χ3n) is 5.05. The minimum atomic E-state index is -4.16. The Kier molecular flexibility index (Phi) is 4.70. The molecule has 1 saturated heterocycles. The van der Waals surface area contributed by atoms with Crippen LogP contribution in [0.15, 0.2) is 52.4 Å². The Labute approximate surface area is 165 Å². The first kappa shape index (κ1) is 19.6. The van der Waals surface area contributed by atoms with Gasteiger partial charge in [0.2, 0.25) is 10.0 Å². The highest BCUT2D eigenvalue weighted by Crippen LogP contribution is 2.32. The lowest BCUT2D eigenvalue weighted by Gasteiger charge is -2.36. The summed E-state index contributed by atoms with van der Waals surface area (Å²) in [7, 11) is -4.16. The van der Waals surface area contributed by atoms with Gasteiger partial charge in [0.05, 0.1) is 0 Å². The van der Waals surface area contributed by atoms with Gasteiger partial charge in [-0.15, -0.1) is 0 Å². The number of carbonyl (C=O) groups excluding carboxylic acids is 1. The average molecular weight is 423 g/mol. The van der Waals surface area contributed by atoms with Gasteiger partial charge < -0.3 is 5.32 Å². The number of amides is 1. The van der Waals surface area contributed by atoms with Gasteiger partial charge in [-0.1, -0.05) is 12.1 Å². The second-order valence-corrected chi connectivity index (χ2v) is 8.84. The molecule has 0 aliphatic carbocycles. The highest BCUT2D eigenvalue weighted by molar-refractivity contribution is 7.89. The van der Waals surface area contributed by atoms with Gasteiger partial charge in [-0.2, -0.15) is 4.31 Å². The van der Waals surface area contributed by atoms with Crippen molar-refractivity contribution in [1.29, 1.82) is 0 Å². The van der Waals surface area contributed by atoms with Crippen molar-refractivity contribution in [2.24, 2.45) is 4.99 Å². The first-order valence-electron chi connectivity index (χ1n) is 8.84. The van der Waals surface area contributed by atoms with Crippen molar-refractivity contribution in [2.45, 2.75) is 23.4 Å². The fourth-order valence-electron chi connectivity index (χ4n) is 3.55. The maximum absolute atomic E-state index is 14.0. The van der Waals surface area contributed by atoms with Crippen molar-refractivity contribution >= 4 is 21.6 Å². The van der Waals surface area contributed by atoms with Crippen LogP contribution in [0.2, 0.25) is 0 Å². The lowest BCUT2D eigenvalue weighted by Crippen LogP contribution is -2.52. The molecule has 1 fully saturated rings. The fraction of sp³-hybridized carbons (Fsp3) is 0.263. The maximum Gasteiger partial charge on any atom is 0.272 e. The van der Waals surface area contributed by atoms with Crippen LogP contribution < -0.4 is 5.32 Å². The quantitative estimate of drug-likeness (QED) is 0.822. The maximum atomic E-state index is 14.0. The van der Waals surface area contributed by atoms with Crippen LogP contribution in [0.4, 0.5) is 13.2 Å². The van der Waals surface area contributed by atoms with Crippen LogP contribution in [0.25, 0.3) is 0 Å². The zero-order valence-electron chi connectivity index (χ0n) is 15.0. The predicted octanol–water partition coefficient (Wildman–Crippen LogP) is 2.20. The fourth-order valence-corrected chi connectivity index (χ4v) is 5.04. The van der Waals surface area contributed by atoms with E-state index in [1.54, 1.807) is 6.07 Å². The molecule has 4 rings (SSSR count). The van der Waals surface area contributed by atoms with Crippen LogP contribution in [-0.4, -0.2) is 43.1 Å². The van der Waals surface area contributed by atoms with E-state index < -0.39 is 43.9 Å². The van der Waals surface area contributed by atoms with Gasteiger partial charge in [-0.3, -0.25) is 9.79 Å². The minimum Gasteiger partial charge on any atom is -0.326 e. The van der Waals surface area contributed by atoms with E-state index in [9.17, 15) is 26.4 Å². The predicted molar refractivity (Wildman–Crippen MR) is 98.2 cm³/mol. The summed E-state index contributed by atoms with van der Waals surface area (Å²) in [5, 5.41) is 2.76. The molecule has 0 bridgehead atoms. The smallest absolute Gasteiger partial charge is 0.272 e. The average Bonchev–Trinajstić information content (AvgIpc) is 2.97. The van der Waals surface area contributed by atoms with Gasteiger partial charge in [0, 0.05) is 37.6 Å². The number of hydrogen-bond acceptors (Lipinski definition) is 4. The topological polar surface area (TPSA) is 78.8 Å². The molecule has 2 aliphatic rings. The summed E-state index contributed by atoms with van der Waals surface area (Å²) in [6.07, 6.45) is 0.333. The summed E-state index contributed by atoms with van der Waals surface area (Å²) in [6, 6.07) is 7.79. The molecule has 1 N–H and O–H groups in total. The zero-order valence-corrected chi connectivity index (χ0v) is 15.8. The van der Waals surface area contributed by atoms with Crippen molar-refractivity contribution in [2.75, 3.05) is 13.1 Å². The van der Waals surface area contributed by atoms with E-state index in [4.69, 9.17) is 0 Å². The Morgan fingerprint density at radius 3 is 2.34 bits per heavy atom. The molecular weight excluding hydrogens is 407 g/mol. The molecule has 2 aliphatic heterocycles. The largest absolute Gasteiger partial charge is 0.326 e. The molecule has 10 heteroatoms. The number of aliphatic imine (C=N–C) groups is 1. The summed E-state index contributed by atoms with van der Waals surface area (Å²) >= 11 is 0. The molecule has 0 unspecified atom stereocenters. The van der Waals surface area contributed by atoms with Crippen molar-refractivity contribution < 1.29 is 26.4 Å². The standard InChI is InChI=1S/C19H16F3N3O3S/c20-13-3-1-2-12(10-13)17-18(26)24-19(23-17)6-8-25(9-7-19)29(27,28)16-5-4-14(21)11-15(16)22/h1-5,10-11H,6-9H2,(H,24,26). The van der Waals surface area contributed by atoms with E-state index in [2.05, 4.69) is 10.3 Å². The Balaban J connectivity index is 1.55. The van der Waals surface area contributed by atoms with E-state index in [-0.39, 0.29) is 31.6 Å². The molecule has 1 spiro atoms. The summed E-state index contributed by atoms with van der Waals surface area (Å²) in [6.45, 7) is -0.0290. The normalized spacial score (nSPS) is 19.3. The third kappa shape index (κ3) is 3.53. The number of carbonyl (C=O) groups is 1. The number of hydrogen-bond donors (Lipinski definition) is 1. The number of piperidine rings is 1. The SMILES string of the molecule is O=C1NC2(CCN(S(=O)(=O)c3ccc(F)cc3F)CC2)N=C1c1cccc(F)c1. The molecule has 152 valence electrons. The van der Waals surface area contributed by atoms with Crippen LogP contribution in [0.3, 0.4) is 0 Å². The summed E-state index contributed by atoms with van der Waals surface area (Å²) < 4.78 is 67.0. The Morgan fingerprint density at radius 2 is 1.69 bits per heavy atom.